The average molecular weight is 263 g/mol. The maximum Gasteiger partial charge on any atom is 0.321 e. The van der Waals surface area contributed by atoms with E-state index in [4.69, 9.17) is 4.74 Å². The molecule has 0 amide bonds. The molecule has 1 aromatic carbocycles. The summed E-state index contributed by atoms with van der Waals surface area (Å²) in [5.74, 6) is -0.743. The molecule has 0 spiro atoms. The lowest BCUT2D eigenvalue weighted by atomic mass is 9.97. The molecule has 0 radical (unpaired) electrons. The van der Waals surface area contributed by atoms with E-state index in [1.165, 1.54) is 5.56 Å². The molecule has 1 heterocycles. The van der Waals surface area contributed by atoms with Crippen molar-refractivity contribution in [2.45, 2.75) is 25.8 Å². The molecule has 4 nitrogen and oxygen atoms in total. The molecule has 1 saturated heterocycles. The summed E-state index contributed by atoms with van der Waals surface area (Å²) in [6.07, 6.45) is 1.50. The Labute approximate surface area is 114 Å². The van der Waals surface area contributed by atoms with Crippen LogP contribution in [0.25, 0.3) is 0 Å². The first-order valence-corrected chi connectivity index (χ1v) is 6.83. The summed E-state index contributed by atoms with van der Waals surface area (Å²) >= 11 is 0. The number of aryl methyl sites for hydroxylation is 1. The van der Waals surface area contributed by atoms with Crippen molar-refractivity contribution in [2.24, 2.45) is 0 Å². The normalized spacial score (nSPS) is 18.2. The smallest absolute Gasteiger partial charge is 0.321 e. The van der Waals surface area contributed by atoms with Crippen molar-refractivity contribution in [2.75, 3.05) is 26.3 Å². The van der Waals surface area contributed by atoms with Gasteiger partial charge in [0, 0.05) is 13.1 Å². The number of ether oxygens (including phenoxy) is 1. The molecule has 0 bridgehead atoms. The molecular formula is C15H21NO3. The number of morpholine rings is 1. The Balaban J connectivity index is 2.13. The zero-order valence-electron chi connectivity index (χ0n) is 11.3. The van der Waals surface area contributed by atoms with Gasteiger partial charge in [-0.15, -0.1) is 0 Å². The van der Waals surface area contributed by atoms with E-state index in [0.29, 0.717) is 32.7 Å². The second kappa shape index (κ2) is 6.68. The third-order valence-electron chi connectivity index (χ3n) is 3.68. The fourth-order valence-corrected chi connectivity index (χ4v) is 2.57. The molecule has 1 aliphatic rings. The van der Waals surface area contributed by atoms with Crippen LogP contribution in [0, 0.1) is 0 Å². The predicted octanol–water partition coefficient (Wildman–Crippen LogP) is 1.58. The summed E-state index contributed by atoms with van der Waals surface area (Å²) in [6.45, 7) is 4.75. The van der Waals surface area contributed by atoms with Crippen molar-refractivity contribution in [1.82, 2.24) is 4.90 Å². The molecule has 1 aliphatic heterocycles. The van der Waals surface area contributed by atoms with Crippen molar-refractivity contribution >= 4 is 5.97 Å². The fraction of sp³-hybridized carbons (Fsp3) is 0.533. The number of carboxylic acid groups (broad SMARTS) is 1. The number of nitrogens with zero attached hydrogens (tertiary/aromatic N) is 1. The van der Waals surface area contributed by atoms with E-state index >= 15 is 0 Å². The third kappa shape index (κ3) is 3.55. The van der Waals surface area contributed by atoms with Gasteiger partial charge in [-0.1, -0.05) is 31.2 Å². The van der Waals surface area contributed by atoms with E-state index in [2.05, 4.69) is 13.0 Å². The van der Waals surface area contributed by atoms with Crippen LogP contribution in [0.15, 0.2) is 24.3 Å². The minimum atomic E-state index is -0.743. The van der Waals surface area contributed by atoms with Crippen molar-refractivity contribution < 1.29 is 14.6 Å². The molecule has 19 heavy (non-hydrogen) atoms. The first kappa shape index (κ1) is 14.0. The number of carbonyl (C=O) groups is 1. The Morgan fingerprint density at radius 2 is 1.95 bits per heavy atom. The SMILES string of the molecule is CCc1ccccc1C[C@@H](C(=O)O)N1CCOCC1. The fourth-order valence-electron chi connectivity index (χ4n) is 2.57. The first-order chi connectivity index (χ1) is 9.22. The summed E-state index contributed by atoms with van der Waals surface area (Å²) in [6, 6.07) is 7.65. The van der Waals surface area contributed by atoms with Gasteiger partial charge < -0.3 is 9.84 Å². The molecule has 1 N–H and O–H groups in total. The van der Waals surface area contributed by atoms with Gasteiger partial charge in [0.05, 0.1) is 13.2 Å². The molecule has 1 aromatic rings. The second-order valence-corrected chi connectivity index (χ2v) is 4.83. The zero-order chi connectivity index (χ0) is 13.7. The van der Waals surface area contributed by atoms with Crippen molar-refractivity contribution in [1.29, 1.82) is 0 Å². The highest BCUT2D eigenvalue weighted by atomic mass is 16.5. The molecule has 0 aliphatic carbocycles. The van der Waals surface area contributed by atoms with Gasteiger partial charge in [0.25, 0.3) is 0 Å². The summed E-state index contributed by atoms with van der Waals surface area (Å²) in [4.78, 5) is 13.5. The second-order valence-electron chi connectivity index (χ2n) is 4.83. The molecule has 1 fully saturated rings. The molecule has 0 aromatic heterocycles. The van der Waals surface area contributed by atoms with E-state index in [1.807, 2.05) is 23.1 Å². The van der Waals surface area contributed by atoms with Crippen molar-refractivity contribution in [3.8, 4) is 0 Å². The van der Waals surface area contributed by atoms with Gasteiger partial charge in [0.2, 0.25) is 0 Å². The minimum Gasteiger partial charge on any atom is -0.480 e. The van der Waals surface area contributed by atoms with Crippen LogP contribution in [0.2, 0.25) is 0 Å². The van der Waals surface area contributed by atoms with Crippen LogP contribution in [0.3, 0.4) is 0 Å². The van der Waals surface area contributed by atoms with Crippen LogP contribution >= 0.6 is 0 Å². The average Bonchev–Trinajstić information content (AvgIpc) is 2.45. The number of benzene rings is 1. The van der Waals surface area contributed by atoms with E-state index in [1.54, 1.807) is 0 Å². The lowest BCUT2D eigenvalue weighted by Gasteiger charge is -2.32. The zero-order valence-corrected chi connectivity index (χ0v) is 11.3. The van der Waals surface area contributed by atoms with E-state index in [0.717, 1.165) is 12.0 Å². The number of hydrogen-bond acceptors (Lipinski definition) is 3. The number of aliphatic carboxylic acids is 1. The van der Waals surface area contributed by atoms with Gasteiger partial charge in [0.15, 0.2) is 0 Å². The molecule has 4 heteroatoms. The highest BCUT2D eigenvalue weighted by Crippen LogP contribution is 2.16. The maximum atomic E-state index is 11.5. The van der Waals surface area contributed by atoms with Gasteiger partial charge in [0.1, 0.15) is 6.04 Å². The van der Waals surface area contributed by atoms with Crippen LogP contribution in [0.4, 0.5) is 0 Å². The van der Waals surface area contributed by atoms with Crippen LogP contribution < -0.4 is 0 Å². The summed E-state index contributed by atoms with van der Waals surface area (Å²) in [7, 11) is 0. The molecule has 104 valence electrons. The number of hydrogen-bond donors (Lipinski definition) is 1. The quantitative estimate of drug-likeness (QED) is 0.876. The predicted molar refractivity (Wildman–Crippen MR) is 73.3 cm³/mol. The largest absolute Gasteiger partial charge is 0.480 e. The Morgan fingerprint density at radius 1 is 1.32 bits per heavy atom. The summed E-state index contributed by atoms with van der Waals surface area (Å²) in [5.41, 5.74) is 2.38. The molecular weight excluding hydrogens is 242 g/mol. The Bertz CT molecular complexity index is 427. The van der Waals surface area contributed by atoms with Crippen molar-refractivity contribution in [3.05, 3.63) is 35.4 Å². The summed E-state index contributed by atoms with van der Waals surface area (Å²) < 4.78 is 5.29. The Hall–Kier alpha value is -1.39. The van der Waals surface area contributed by atoms with E-state index < -0.39 is 12.0 Å². The minimum absolute atomic E-state index is 0.448. The van der Waals surface area contributed by atoms with Crippen molar-refractivity contribution in [3.63, 3.8) is 0 Å². The lowest BCUT2D eigenvalue weighted by Crippen LogP contribution is -2.48. The van der Waals surface area contributed by atoms with Gasteiger partial charge in [-0.2, -0.15) is 0 Å². The van der Waals surface area contributed by atoms with E-state index in [9.17, 15) is 9.90 Å². The standard InChI is InChI=1S/C15H21NO3/c1-2-12-5-3-4-6-13(12)11-14(15(17)18)16-7-9-19-10-8-16/h3-6,14H,2,7-11H2,1H3,(H,17,18)/t14-/m0/s1. The first-order valence-electron chi connectivity index (χ1n) is 6.83. The third-order valence-corrected chi connectivity index (χ3v) is 3.68. The Kier molecular flexibility index (Phi) is 4.93. The highest BCUT2D eigenvalue weighted by molar-refractivity contribution is 5.74. The monoisotopic (exact) mass is 263 g/mol. The maximum absolute atomic E-state index is 11.5. The van der Waals surface area contributed by atoms with E-state index in [-0.39, 0.29) is 0 Å². The Morgan fingerprint density at radius 3 is 2.53 bits per heavy atom. The molecule has 0 saturated carbocycles. The molecule has 2 rings (SSSR count). The van der Waals surface area contributed by atoms with Gasteiger partial charge >= 0.3 is 5.97 Å². The topological polar surface area (TPSA) is 49.8 Å². The van der Waals surface area contributed by atoms with Crippen LogP contribution in [-0.4, -0.2) is 48.3 Å². The van der Waals surface area contributed by atoms with Gasteiger partial charge in [-0.25, -0.2) is 0 Å². The highest BCUT2D eigenvalue weighted by Gasteiger charge is 2.27. The lowest BCUT2D eigenvalue weighted by molar-refractivity contribution is -0.145. The number of rotatable bonds is 5. The summed E-state index contributed by atoms with van der Waals surface area (Å²) in [5, 5.41) is 9.47. The number of carboxylic acids is 1. The van der Waals surface area contributed by atoms with Crippen LogP contribution in [-0.2, 0) is 22.4 Å². The van der Waals surface area contributed by atoms with Gasteiger partial charge in [-0.05, 0) is 24.0 Å². The van der Waals surface area contributed by atoms with Crippen LogP contribution in [0.5, 0.6) is 0 Å². The van der Waals surface area contributed by atoms with Crippen LogP contribution in [0.1, 0.15) is 18.1 Å². The molecule has 1 atom stereocenters. The van der Waals surface area contributed by atoms with Gasteiger partial charge in [-0.3, -0.25) is 9.69 Å². The molecule has 0 unspecified atom stereocenters.